The van der Waals surface area contributed by atoms with Crippen molar-refractivity contribution in [3.63, 3.8) is 0 Å². The van der Waals surface area contributed by atoms with Crippen molar-refractivity contribution in [1.29, 1.82) is 5.26 Å². The molecule has 0 radical (unpaired) electrons. The minimum Gasteiger partial charge on any atom is -0.453 e. The number of nitrogens with one attached hydrogen (secondary N) is 3. The SMILES string of the molecule is COC(=O)N[C@H]1CC[C@@H](NCc2ccc(-n3cc(-c4nc(NC5CCN(S(C)(=O)=O)CC5)ncc4C#N)cn3)c(Cl)c2)C1. The van der Waals surface area contributed by atoms with Crippen LogP contribution in [-0.2, 0) is 21.3 Å². The van der Waals surface area contributed by atoms with Gasteiger partial charge in [0, 0.05) is 49.5 Å². The number of methoxy groups -OCH3 is 1. The van der Waals surface area contributed by atoms with Gasteiger partial charge >= 0.3 is 6.09 Å². The molecule has 3 N–H and O–H groups in total. The fourth-order valence-electron chi connectivity index (χ4n) is 5.48. The molecule has 5 rings (SSSR count). The number of alkyl carbamates (subject to hydrolysis) is 1. The van der Waals surface area contributed by atoms with E-state index in [0.717, 1.165) is 24.8 Å². The second-order valence-electron chi connectivity index (χ2n) is 10.8. The maximum atomic E-state index is 11.8. The summed E-state index contributed by atoms with van der Waals surface area (Å²) >= 11 is 6.66. The maximum absolute atomic E-state index is 11.8. The molecule has 0 unspecified atom stereocenters. The molecule has 0 spiro atoms. The molecule has 3 aromatic rings. The topological polar surface area (TPSA) is 167 Å². The summed E-state index contributed by atoms with van der Waals surface area (Å²) in [4.78, 5) is 20.4. The van der Waals surface area contributed by atoms with Crippen LogP contribution in [0.25, 0.3) is 16.9 Å². The van der Waals surface area contributed by atoms with Crippen molar-refractivity contribution in [3.05, 3.63) is 52.9 Å². The standard InChI is InChI=1S/C28H34ClN9O4S/c1-42-28(39)35-23-5-4-22(12-23)31-14-18-3-6-25(24(29)11-18)38-17-20(16-33-38)26-19(13-30)15-32-27(36-26)34-21-7-9-37(10-8-21)43(2,40)41/h3,6,11,15-17,21-23,31H,4-5,7-10,12,14H2,1-2H3,(H,35,39)(H,32,34,36)/t22-,23+/m1/s1. The average Bonchev–Trinajstić information content (AvgIpc) is 3.66. The molecule has 2 fully saturated rings. The number of hydrogen-bond acceptors (Lipinski definition) is 10. The van der Waals surface area contributed by atoms with Gasteiger partial charge in [0.2, 0.25) is 16.0 Å². The molecule has 2 aromatic heterocycles. The summed E-state index contributed by atoms with van der Waals surface area (Å²) in [6, 6.07) is 8.33. The number of anilines is 1. The van der Waals surface area contributed by atoms with Gasteiger partial charge in [0.15, 0.2) is 0 Å². The summed E-state index contributed by atoms with van der Waals surface area (Å²) in [6.45, 7) is 1.49. The average molecular weight is 628 g/mol. The zero-order valence-electron chi connectivity index (χ0n) is 24.0. The Kier molecular flexibility index (Phi) is 9.46. The number of nitrogens with zero attached hydrogens (tertiary/aromatic N) is 6. The van der Waals surface area contributed by atoms with Crippen LogP contribution < -0.4 is 16.0 Å². The summed E-state index contributed by atoms with van der Waals surface area (Å²) in [7, 11) is -1.85. The lowest BCUT2D eigenvalue weighted by Crippen LogP contribution is -2.42. The number of amides is 1. The number of hydrogen-bond donors (Lipinski definition) is 3. The van der Waals surface area contributed by atoms with Gasteiger partial charge in [0.05, 0.1) is 47.7 Å². The summed E-state index contributed by atoms with van der Waals surface area (Å²) in [5.74, 6) is 0.365. The van der Waals surface area contributed by atoms with Crippen molar-refractivity contribution in [2.75, 3.05) is 31.8 Å². The number of ether oxygens (including phenoxy) is 1. The molecule has 13 nitrogen and oxygen atoms in total. The van der Waals surface area contributed by atoms with Gasteiger partial charge in [-0.1, -0.05) is 17.7 Å². The van der Waals surface area contributed by atoms with Crippen LogP contribution in [0.4, 0.5) is 10.7 Å². The molecule has 43 heavy (non-hydrogen) atoms. The molecule has 3 heterocycles. The van der Waals surface area contributed by atoms with E-state index >= 15 is 0 Å². The number of rotatable bonds is 9. The summed E-state index contributed by atoms with van der Waals surface area (Å²) in [5, 5.41) is 24.4. The van der Waals surface area contributed by atoms with Crippen LogP contribution in [0.3, 0.4) is 0 Å². The minimum absolute atomic E-state index is 0.0138. The van der Waals surface area contributed by atoms with Crippen LogP contribution >= 0.6 is 11.6 Å². The van der Waals surface area contributed by atoms with E-state index in [-0.39, 0.29) is 18.1 Å². The lowest BCUT2D eigenvalue weighted by Gasteiger charge is -2.30. The Morgan fingerprint density at radius 3 is 2.63 bits per heavy atom. The number of nitriles is 1. The first-order valence-corrected chi connectivity index (χ1v) is 16.3. The smallest absolute Gasteiger partial charge is 0.407 e. The third-order valence-corrected chi connectivity index (χ3v) is 9.42. The molecule has 2 aliphatic rings. The predicted molar refractivity (Wildman–Crippen MR) is 161 cm³/mol. The number of piperidine rings is 1. The Balaban J connectivity index is 1.23. The molecular weight excluding hydrogens is 594 g/mol. The molecule has 1 saturated carbocycles. The zero-order chi connectivity index (χ0) is 30.6. The highest BCUT2D eigenvalue weighted by molar-refractivity contribution is 7.88. The first-order valence-electron chi connectivity index (χ1n) is 14.0. The second kappa shape index (κ2) is 13.3. The number of carbonyl (C=O) groups is 1. The van der Waals surface area contributed by atoms with E-state index in [1.54, 1.807) is 17.1 Å². The molecule has 2 atom stereocenters. The van der Waals surface area contributed by atoms with Crippen LogP contribution in [0.15, 0.2) is 36.8 Å². The van der Waals surface area contributed by atoms with Gasteiger partial charge in [-0.2, -0.15) is 10.4 Å². The van der Waals surface area contributed by atoms with Crippen molar-refractivity contribution in [3.8, 4) is 23.0 Å². The van der Waals surface area contributed by atoms with E-state index in [1.807, 2.05) is 18.2 Å². The molecule has 0 bridgehead atoms. The highest BCUT2D eigenvalue weighted by atomic mass is 35.5. The van der Waals surface area contributed by atoms with Gasteiger partial charge in [-0.3, -0.25) is 0 Å². The van der Waals surface area contributed by atoms with Crippen LogP contribution in [0.2, 0.25) is 5.02 Å². The van der Waals surface area contributed by atoms with E-state index < -0.39 is 16.1 Å². The van der Waals surface area contributed by atoms with Crippen molar-refractivity contribution in [1.82, 2.24) is 34.7 Å². The Morgan fingerprint density at radius 2 is 1.93 bits per heavy atom. The van der Waals surface area contributed by atoms with Crippen molar-refractivity contribution < 1.29 is 17.9 Å². The predicted octanol–water partition coefficient (Wildman–Crippen LogP) is 3.06. The first-order chi connectivity index (χ1) is 20.6. The van der Waals surface area contributed by atoms with Gasteiger partial charge < -0.3 is 20.7 Å². The van der Waals surface area contributed by atoms with Crippen molar-refractivity contribution in [2.45, 2.75) is 56.8 Å². The van der Waals surface area contributed by atoms with E-state index in [9.17, 15) is 18.5 Å². The monoisotopic (exact) mass is 627 g/mol. The number of aromatic nitrogens is 4. The van der Waals surface area contributed by atoms with Crippen molar-refractivity contribution in [2.24, 2.45) is 0 Å². The number of sulfonamides is 1. The van der Waals surface area contributed by atoms with Crippen LogP contribution in [0, 0.1) is 11.3 Å². The molecule has 1 aromatic carbocycles. The van der Waals surface area contributed by atoms with Crippen LogP contribution in [0.1, 0.15) is 43.2 Å². The molecule has 1 aliphatic heterocycles. The summed E-state index contributed by atoms with van der Waals surface area (Å²) < 4.78 is 31.4. The van der Waals surface area contributed by atoms with Gasteiger partial charge in [0.1, 0.15) is 6.07 Å². The van der Waals surface area contributed by atoms with E-state index in [0.29, 0.717) is 66.0 Å². The normalized spacial score (nSPS) is 19.6. The lowest BCUT2D eigenvalue weighted by molar-refractivity contribution is 0.166. The molecule has 1 saturated heterocycles. The lowest BCUT2D eigenvalue weighted by atomic mass is 10.1. The van der Waals surface area contributed by atoms with E-state index in [4.69, 9.17) is 11.6 Å². The highest BCUT2D eigenvalue weighted by Gasteiger charge is 2.27. The second-order valence-corrected chi connectivity index (χ2v) is 13.2. The van der Waals surface area contributed by atoms with Gasteiger partial charge in [-0.25, -0.2) is 32.2 Å². The summed E-state index contributed by atoms with van der Waals surface area (Å²) in [5.41, 5.74) is 3.08. The van der Waals surface area contributed by atoms with E-state index in [1.165, 1.54) is 23.9 Å². The largest absolute Gasteiger partial charge is 0.453 e. The Labute approximate surface area is 255 Å². The first kappa shape index (κ1) is 30.7. The molecule has 1 amide bonds. The third-order valence-electron chi connectivity index (χ3n) is 7.82. The van der Waals surface area contributed by atoms with Gasteiger partial charge in [-0.05, 0) is 49.8 Å². The Bertz CT molecular complexity index is 1620. The van der Waals surface area contributed by atoms with Crippen LogP contribution in [0.5, 0.6) is 0 Å². The fourth-order valence-corrected chi connectivity index (χ4v) is 6.64. The third kappa shape index (κ3) is 7.61. The number of benzene rings is 1. The molecule has 1 aliphatic carbocycles. The molecule has 228 valence electrons. The van der Waals surface area contributed by atoms with Gasteiger partial charge in [-0.15, -0.1) is 0 Å². The van der Waals surface area contributed by atoms with Crippen LogP contribution in [-0.4, -0.2) is 83.1 Å². The maximum Gasteiger partial charge on any atom is 0.407 e. The molecule has 15 heteroatoms. The van der Waals surface area contributed by atoms with Crippen molar-refractivity contribution >= 4 is 33.7 Å². The number of carbonyl (C=O) groups excluding carboxylic acids is 1. The fraction of sp³-hybridized carbons (Fsp3) is 0.464. The highest BCUT2D eigenvalue weighted by Crippen LogP contribution is 2.27. The quantitative estimate of drug-likeness (QED) is 0.321. The minimum atomic E-state index is -3.21. The summed E-state index contributed by atoms with van der Waals surface area (Å²) in [6.07, 6.45) is 9.63. The zero-order valence-corrected chi connectivity index (χ0v) is 25.5. The van der Waals surface area contributed by atoms with Gasteiger partial charge in [0.25, 0.3) is 0 Å². The Morgan fingerprint density at radius 1 is 1.16 bits per heavy atom. The number of halogens is 1. The molecular formula is C28H34ClN9O4S. The van der Waals surface area contributed by atoms with E-state index in [2.05, 4.69) is 41.8 Å². The Hall–Kier alpha value is -3.77.